The Kier molecular flexibility index (Phi) is 6.83. The summed E-state index contributed by atoms with van der Waals surface area (Å²) in [6.45, 7) is 5.58. The van der Waals surface area contributed by atoms with Crippen LogP contribution in [0.15, 0.2) is 18.2 Å². The molecule has 0 aliphatic carbocycles. The predicted octanol–water partition coefficient (Wildman–Crippen LogP) is 2.67. The predicted molar refractivity (Wildman–Crippen MR) is 86.2 cm³/mol. The molecule has 1 aliphatic heterocycles. The first-order valence-electron chi connectivity index (χ1n) is 7.97. The molecular weight excluding hydrogens is 264 g/mol. The van der Waals surface area contributed by atoms with Crippen LogP contribution in [0.5, 0.6) is 11.5 Å². The maximum atomic E-state index is 5.33. The van der Waals surface area contributed by atoms with Gasteiger partial charge in [-0.25, -0.2) is 0 Å². The lowest BCUT2D eigenvalue weighted by Gasteiger charge is -2.19. The lowest BCUT2D eigenvalue weighted by Crippen LogP contribution is -2.32. The number of hydrogen-bond donors (Lipinski definition) is 1. The van der Waals surface area contributed by atoms with Crippen LogP contribution in [0.3, 0.4) is 0 Å². The zero-order valence-electron chi connectivity index (χ0n) is 13.4. The average molecular weight is 292 g/mol. The van der Waals surface area contributed by atoms with Crippen molar-refractivity contribution < 1.29 is 9.47 Å². The van der Waals surface area contributed by atoms with E-state index in [1.165, 1.54) is 44.3 Å². The Morgan fingerprint density at radius 3 is 2.38 bits per heavy atom. The van der Waals surface area contributed by atoms with Gasteiger partial charge in [-0.3, -0.25) is 0 Å². The van der Waals surface area contributed by atoms with Crippen molar-refractivity contribution >= 4 is 0 Å². The summed E-state index contributed by atoms with van der Waals surface area (Å²) < 4.78 is 10.6. The van der Waals surface area contributed by atoms with Gasteiger partial charge in [-0.1, -0.05) is 18.9 Å². The van der Waals surface area contributed by atoms with E-state index in [1.54, 1.807) is 14.2 Å². The van der Waals surface area contributed by atoms with Gasteiger partial charge in [0.1, 0.15) is 0 Å². The molecule has 1 aliphatic rings. The molecule has 0 spiro atoms. The van der Waals surface area contributed by atoms with E-state index >= 15 is 0 Å². The largest absolute Gasteiger partial charge is 0.493 e. The highest BCUT2D eigenvalue weighted by Gasteiger charge is 2.08. The van der Waals surface area contributed by atoms with E-state index in [0.29, 0.717) is 0 Å². The fourth-order valence-corrected chi connectivity index (χ4v) is 2.82. The van der Waals surface area contributed by atoms with E-state index in [2.05, 4.69) is 16.3 Å². The molecule has 1 N–H and O–H groups in total. The Morgan fingerprint density at radius 2 is 1.71 bits per heavy atom. The SMILES string of the molecule is COc1ccc(CNCCN2CCCCCC2)cc1OC. The van der Waals surface area contributed by atoms with Crippen molar-refractivity contribution in [2.24, 2.45) is 0 Å². The minimum Gasteiger partial charge on any atom is -0.493 e. The van der Waals surface area contributed by atoms with Gasteiger partial charge < -0.3 is 19.7 Å². The highest BCUT2D eigenvalue weighted by atomic mass is 16.5. The first-order chi connectivity index (χ1) is 10.3. The van der Waals surface area contributed by atoms with Crippen LogP contribution < -0.4 is 14.8 Å². The normalized spacial score (nSPS) is 16.5. The van der Waals surface area contributed by atoms with Crippen LogP contribution in [-0.4, -0.2) is 45.3 Å². The van der Waals surface area contributed by atoms with Crippen LogP contribution in [0, 0.1) is 0 Å². The average Bonchev–Trinajstić information content (AvgIpc) is 2.80. The smallest absolute Gasteiger partial charge is 0.161 e. The van der Waals surface area contributed by atoms with Gasteiger partial charge >= 0.3 is 0 Å². The van der Waals surface area contributed by atoms with Crippen LogP contribution in [0.25, 0.3) is 0 Å². The summed E-state index contributed by atoms with van der Waals surface area (Å²) in [4.78, 5) is 2.58. The fraction of sp³-hybridized carbons (Fsp3) is 0.647. The summed E-state index contributed by atoms with van der Waals surface area (Å²) in [5.74, 6) is 1.58. The number of benzene rings is 1. The van der Waals surface area contributed by atoms with E-state index in [0.717, 1.165) is 31.1 Å². The first-order valence-corrected chi connectivity index (χ1v) is 7.97. The fourth-order valence-electron chi connectivity index (χ4n) is 2.82. The number of likely N-dealkylation sites (tertiary alicyclic amines) is 1. The van der Waals surface area contributed by atoms with E-state index in [9.17, 15) is 0 Å². The molecule has 1 fully saturated rings. The lowest BCUT2D eigenvalue weighted by molar-refractivity contribution is 0.284. The zero-order valence-corrected chi connectivity index (χ0v) is 13.4. The van der Waals surface area contributed by atoms with Gasteiger partial charge in [0.05, 0.1) is 14.2 Å². The summed E-state index contributed by atoms with van der Waals surface area (Å²) in [6, 6.07) is 6.09. The highest BCUT2D eigenvalue weighted by Crippen LogP contribution is 2.27. The van der Waals surface area contributed by atoms with Crippen LogP contribution in [0.1, 0.15) is 31.2 Å². The molecule has 21 heavy (non-hydrogen) atoms. The Hall–Kier alpha value is -1.26. The van der Waals surface area contributed by atoms with Crippen LogP contribution >= 0.6 is 0 Å². The molecule has 1 aromatic carbocycles. The molecule has 2 rings (SSSR count). The molecule has 1 heterocycles. The van der Waals surface area contributed by atoms with Gasteiger partial charge in [0.2, 0.25) is 0 Å². The second kappa shape index (κ2) is 8.90. The van der Waals surface area contributed by atoms with Gasteiger partial charge in [-0.2, -0.15) is 0 Å². The van der Waals surface area contributed by atoms with Gasteiger partial charge in [-0.05, 0) is 43.6 Å². The third-order valence-electron chi connectivity index (χ3n) is 4.08. The highest BCUT2D eigenvalue weighted by molar-refractivity contribution is 5.42. The second-order valence-corrected chi connectivity index (χ2v) is 5.62. The van der Waals surface area contributed by atoms with E-state index in [-0.39, 0.29) is 0 Å². The molecule has 0 atom stereocenters. The molecule has 0 bridgehead atoms. The molecule has 0 aromatic heterocycles. The maximum absolute atomic E-state index is 5.33. The first kappa shape index (κ1) is 16.1. The van der Waals surface area contributed by atoms with Crippen LogP contribution in [0.2, 0.25) is 0 Å². The van der Waals surface area contributed by atoms with E-state index in [4.69, 9.17) is 9.47 Å². The minimum absolute atomic E-state index is 0.783. The molecule has 1 aromatic rings. The monoisotopic (exact) mass is 292 g/mol. The molecule has 118 valence electrons. The number of methoxy groups -OCH3 is 2. The third kappa shape index (κ3) is 5.21. The Bertz CT molecular complexity index is 415. The molecule has 4 nitrogen and oxygen atoms in total. The second-order valence-electron chi connectivity index (χ2n) is 5.62. The number of hydrogen-bond acceptors (Lipinski definition) is 4. The van der Waals surface area contributed by atoms with Crippen LogP contribution in [0.4, 0.5) is 0 Å². The van der Waals surface area contributed by atoms with Gasteiger partial charge in [0.25, 0.3) is 0 Å². The van der Waals surface area contributed by atoms with Gasteiger partial charge in [0.15, 0.2) is 11.5 Å². The zero-order chi connectivity index (χ0) is 14.9. The molecule has 1 saturated heterocycles. The van der Waals surface area contributed by atoms with Crippen molar-refractivity contribution in [3.8, 4) is 11.5 Å². The summed E-state index contributed by atoms with van der Waals surface area (Å²) in [5, 5.41) is 3.52. The van der Waals surface area contributed by atoms with Crippen molar-refractivity contribution in [1.29, 1.82) is 0 Å². The summed E-state index contributed by atoms with van der Waals surface area (Å²) in [7, 11) is 3.34. The molecule has 0 unspecified atom stereocenters. The number of nitrogens with zero attached hydrogens (tertiary/aromatic N) is 1. The van der Waals surface area contributed by atoms with Crippen molar-refractivity contribution in [1.82, 2.24) is 10.2 Å². The Balaban J connectivity index is 1.72. The van der Waals surface area contributed by atoms with Crippen molar-refractivity contribution in [3.05, 3.63) is 23.8 Å². The number of nitrogens with one attached hydrogen (secondary N) is 1. The molecular formula is C17H28N2O2. The standard InChI is InChI=1S/C17H28N2O2/c1-20-16-8-7-15(13-17(16)21-2)14-18-9-12-19-10-5-3-4-6-11-19/h7-8,13,18H,3-6,9-12,14H2,1-2H3. The minimum atomic E-state index is 0.783. The third-order valence-corrected chi connectivity index (χ3v) is 4.08. The van der Waals surface area contributed by atoms with E-state index < -0.39 is 0 Å². The van der Waals surface area contributed by atoms with Crippen molar-refractivity contribution in [2.45, 2.75) is 32.2 Å². The maximum Gasteiger partial charge on any atom is 0.161 e. The summed E-state index contributed by atoms with van der Waals surface area (Å²) in [5.41, 5.74) is 1.23. The van der Waals surface area contributed by atoms with Gasteiger partial charge in [0, 0.05) is 19.6 Å². The molecule has 4 heteroatoms. The Labute approximate surface area is 128 Å². The Morgan fingerprint density at radius 1 is 1.00 bits per heavy atom. The van der Waals surface area contributed by atoms with Crippen molar-refractivity contribution in [2.75, 3.05) is 40.4 Å². The lowest BCUT2D eigenvalue weighted by atomic mass is 10.2. The van der Waals surface area contributed by atoms with Crippen molar-refractivity contribution in [3.63, 3.8) is 0 Å². The van der Waals surface area contributed by atoms with Crippen LogP contribution in [-0.2, 0) is 6.54 Å². The molecule has 0 saturated carbocycles. The van der Waals surface area contributed by atoms with E-state index in [1.807, 2.05) is 12.1 Å². The van der Waals surface area contributed by atoms with Gasteiger partial charge in [-0.15, -0.1) is 0 Å². The number of rotatable bonds is 7. The molecule has 0 radical (unpaired) electrons. The molecule has 0 amide bonds. The number of ether oxygens (including phenoxy) is 2. The summed E-state index contributed by atoms with van der Waals surface area (Å²) in [6.07, 6.45) is 5.51. The summed E-state index contributed by atoms with van der Waals surface area (Å²) >= 11 is 0. The topological polar surface area (TPSA) is 33.7 Å². The quantitative estimate of drug-likeness (QED) is 0.783.